The number of hydrogen-bond acceptors (Lipinski definition) is 6. The summed E-state index contributed by atoms with van der Waals surface area (Å²) in [6.45, 7) is 1.38. The van der Waals surface area contributed by atoms with Crippen LogP contribution in [-0.4, -0.2) is 29.8 Å². The van der Waals surface area contributed by atoms with Crippen LogP contribution in [0, 0.1) is 18.6 Å². The van der Waals surface area contributed by atoms with E-state index in [0.29, 0.717) is 22.5 Å². The molecule has 7 nitrogen and oxygen atoms in total. The number of halogens is 2. The highest BCUT2D eigenvalue weighted by Crippen LogP contribution is 2.26. The van der Waals surface area contributed by atoms with E-state index in [4.69, 9.17) is 5.11 Å². The number of anilines is 2. The molecule has 0 saturated carbocycles. The molecule has 136 valence electrons. The molecule has 27 heavy (non-hydrogen) atoms. The minimum Gasteiger partial charge on any atom is -0.392 e. The van der Waals surface area contributed by atoms with Crippen molar-refractivity contribution in [3.8, 4) is 5.69 Å². The van der Waals surface area contributed by atoms with Crippen molar-refractivity contribution in [3.05, 3.63) is 65.9 Å². The van der Waals surface area contributed by atoms with Gasteiger partial charge in [0.15, 0.2) is 11.6 Å². The summed E-state index contributed by atoms with van der Waals surface area (Å²) in [5.41, 5.74) is 1.07. The number of aromatic nitrogens is 5. The second-order valence-corrected chi connectivity index (χ2v) is 5.92. The Labute approximate surface area is 152 Å². The molecule has 0 aliphatic heterocycles. The topological polar surface area (TPSA) is 88.8 Å². The van der Waals surface area contributed by atoms with Crippen LogP contribution < -0.4 is 5.32 Å². The highest BCUT2D eigenvalue weighted by Gasteiger charge is 2.17. The first-order valence-corrected chi connectivity index (χ1v) is 8.04. The van der Waals surface area contributed by atoms with Crippen LogP contribution in [0.4, 0.5) is 20.4 Å². The molecule has 4 rings (SSSR count). The first-order chi connectivity index (χ1) is 13.0. The van der Waals surface area contributed by atoms with E-state index < -0.39 is 18.2 Å². The third-order valence-electron chi connectivity index (χ3n) is 3.98. The van der Waals surface area contributed by atoms with Crippen LogP contribution in [0.5, 0.6) is 0 Å². The average molecular weight is 368 g/mol. The summed E-state index contributed by atoms with van der Waals surface area (Å²) >= 11 is 0. The van der Waals surface area contributed by atoms with Crippen molar-refractivity contribution in [2.24, 2.45) is 0 Å². The van der Waals surface area contributed by atoms with E-state index in [0.717, 1.165) is 17.8 Å². The van der Waals surface area contributed by atoms with Gasteiger partial charge in [0.25, 0.3) is 0 Å². The maximum absolute atomic E-state index is 14.4. The lowest BCUT2D eigenvalue weighted by Gasteiger charge is -2.09. The van der Waals surface area contributed by atoms with Gasteiger partial charge in [0.05, 0.1) is 18.3 Å². The number of hydrogen-bond donors (Lipinski definition) is 2. The molecule has 0 saturated heterocycles. The van der Waals surface area contributed by atoms with E-state index in [1.807, 2.05) is 6.92 Å². The smallest absolute Gasteiger partial charge is 0.152 e. The zero-order chi connectivity index (χ0) is 19.0. The summed E-state index contributed by atoms with van der Waals surface area (Å²) in [5.74, 6) is -0.649. The predicted octanol–water partition coefficient (Wildman–Crippen LogP) is 3.03. The number of rotatable bonds is 4. The summed E-state index contributed by atoms with van der Waals surface area (Å²) < 4.78 is 30.0. The number of benzene rings is 1. The Morgan fingerprint density at radius 2 is 1.74 bits per heavy atom. The van der Waals surface area contributed by atoms with Gasteiger partial charge in [0.1, 0.15) is 23.7 Å². The Bertz CT molecular complexity index is 1120. The number of nitrogens with zero attached hydrogens (tertiary/aromatic N) is 5. The Morgan fingerprint density at radius 1 is 1.00 bits per heavy atom. The summed E-state index contributed by atoms with van der Waals surface area (Å²) in [6, 6.07) is 5.53. The van der Waals surface area contributed by atoms with Crippen molar-refractivity contribution in [2.75, 3.05) is 5.32 Å². The molecule has 1 aromatic carbocycles. The molecular formula is C18H14F2N6O. The van der Waals surface area contributed by atoms with Gasteiger partial charge in [-0.15, -0.1) is 0 Å². The minimum absolute atomic E-state index is 0.147. The van der Waals surface area contributed by atoms with E-state index in [9.17, 15) is 8.78 Å². The Balaban J connectivity index is 1.79. The van der Waals surface area contributed by atoms with Crippen LogP contribution in [0.1, 0.15) is 11.3 Å². The zero-order valence-electron chi connectivity index (χ0n) is 14.2. The third-order valence-corrected chi connectivity index (χ3v) is 3.98. The maximum Gasteiger partial charge on any atom is 0.152 e. The lowest BCUT2D eigenvalue weighted by Crippen LogP contribution is -2.05. The van der Waals surface area contributed by atoms with Crippen molar-refractivity contribution in [2.45, 2.75) is 13.5 Å². The third kappa shape index (κ3) is 3.20. The van der Waals surface area contributed by atoms with E-state index in [1.54, 1.807) is 18.3 Å². The lowest BCUT2D eigenvalue weighted by molar-refractivity contribution is 0.280. The van der Waals surface area contributed by atoms with Gasteiger partial charge in [-0.25, -0.2) is 28.4 Å². The highest BCUT2D eigenvalue weighted by molar-refractivity contribution is 5.82. The fourth-order valence-electron chi connectivity index (χ4n) is 2.73. The molecule has 9 heteroatoms. The molecule has 0 aliphatic rings. The highest BCUT2D eigenvalue weighted by atomic mass is 19.1. The van der Waals surface area contributed by atoms with Crippen molar-refractivity contribution >= 4 is 22.5 Å². The van der Waals surface area contributed by atoms with Crippen molar-refractivity contribution in [3.63, 3.8) is 0 Å². The molecule has 3 heterocycles. The van der Waals surface area contributed by atoms with Gasteiger partial charge in [0, 0.05) is 29.4 Å². The second-order valence-electron chi connectivity index (χ2n) is 5.92. The molecule has 0 radical (unpaired) electrons. The van der Waals surface area contributed by atoms with Gasteiger partial charge in [-0.1, -0.05) is 0 Å². The number of aliphatic hydroxyl groups is 1. The van der Waals surface area contributed by atoms with E-state index in [-0.39, 0.29) is 11.3 Å². The largest absolute Gasteiger partial charge is 0.392 e. The Kier molecular flexibility index (Phi) is 4.21. The molecule has 3 aromatic heterocycles. The number of aliphatic hydroxyl groups excluding tert-OH is 1. The number of fused-ring (bicyclic) bond motifs is 1. The minimum atomic E-state index is -0.818. The van der Waals surface area contributed by atoms with Gasteiger partial charge in [-0.05, 0) is 24.6 Å². The van der Waals surface area contributed by atoms with Gasteiger partial charge < -0.3 is 10.4 Å². The summed E-state index contributed by atoms with van der Waals surface area (Å²) in [4.78, 5) is 12.4. The quantitative estimate of drug-likeness (QED) is 0.576. The molecule has 0 spiro atoms. The number of aryl methyl sites for hydroxylation is 1. The van der Waals surface area contributed by atoms with Crippen LogP contribution in [0.25, 0.3) is 16.6 Å². The standard InChI is InChI=1S/C18H14F2N6O/c1-10-2-16(23-9-22-10)25-17-5-15-12(6-21-17)7-24-26(15)18-13(19)3-11(8-27)4-14(18)20/h2-7,9,27H,8H2,1H3,(H,21,22,23,25). The molecular weight excluding hydrogens is 354 g/mol. The van der Waals surface area contributed by atoms with Crippen LogP contribution in [0.3, 0.4) is 0 Å². The van der Waals surface area contributed by atoms with Crippen LogP contribution in [-0.2, 0) is 6.61 Å². The Hall–Kier alpha value is -3.46. The molecule has 4 aromatic rings. The monoisotopic (exact) mass is 368 g/mol. The fraction of sp³-hybridized carbons (Fsp3) is 0.111. The molecule has 0 aliphatic carbocycles. The summed E-state index contributed by atoms with van der Waals surface area (Å²) in [6.07, 6.45) is 4.45. The maximum atomic E-state index is 14.4. The van der Waals surface area contributed by atoms with E-state index in [2.05, 4.69) is 25.4 Å². The summed E-state index contributed by atoms with van der Waals surface area (Å²) in [5, 5.41) is 16.8. The van der Waals surface area contributed by atoms with Gasteiger partial charge in [-0.3, -0.25) is 0 Å². The van der Waals surface area contributed by atoms with Crippen LogP contribution in [0.15, 0.2) is 43.0 Å². The average Bonchev–Trinajstić information content (AvgIpc) is 3.04. The fourth-order valence-corrected chi connectivity index (χ4v) is 2.73. The number of pyridine rings is 1. The van der Waals surface area contributed by atoms with E-state index >= 15 is 0 Å². The molecule has 0 amide bonds. The molecule has 0 fully saturated rings. The molecule has 0 unspecified atom stereocenters. The molecule has 0 bridgehead atoms. The van der Waals surface area contributed by atoms with E-state index in [1.165, 1.54) is 17.2 Å². The normalized spacial score (nSPS) is 11.1. The first-order valence-electron chi connectivity index (χ1n) is 8.04. The van der Waals surface area contributed by atoms with Crippen LogP contribution in [0.2, 0.25) is 0 Å². The number of nitrogens with one attached hydrogen (secondary N) is 1. The lowest BCUT2D eigenvalue weighted by atomic mass is 10.2. The SMILES string of the molecule is Cc1cc(Nc2cc3c(cn2)cnn3-c2c(F)cc(CO)cc2F)ncn1. The summed E-state index contributed by atoms with van der Waals surface area (Å²) in [7, 11) is 0. The van der Waals surface area contributed by atoms with Gasteiger partial charge >= 0.3 is 0 Å². The zero-order valence-corrected chi connectivity index (χ0v) is 14.2. The molecule has 0 atom stereocenters. The van der Waals surface area contributed by atoms with Crippen LogP contribution >= 0.6 is 0 Å². The first kappa shape index (κ1) is 17.0. The van der Waals surface area contributed by atoms with Crippen molar-refractivity contribution < 1.29 is 13.9 Å². The Morgan fingerprint density at radius 3 is 2.44 bits per heavy atom. The molecule has 2 N–H and O–H groups in total. The van der Waals surface area contributed by atoms with Gasteiger partial charge in [0.2, 0.25) is 0 Å². The van der Waals surface area contributed by atoms with Crippen molar-refractivity contribution in [1.82, 2.24) is 24.7 Å². The van der Waals surface area contributed by atoms with Gasteiger partial charge in [-0.2, -0.15) is 5.10 Å². The predicted molar refractivity (Wildman–Crippen MR) is 94.8 cm³/mol. The second kappa shape index (κ2) is 6.69. The van der Waals surface area contributed by atoms with Crippen molar-refractivity contribution in [1.29, 1.82) is 0 Å².